The van der Waals surface area contributed by atoms with Crippen LogP contribution in [-0.4, -0.2) is 32.1 Å². The number of aromatic nitrogens is 4. The van der Waals surface area contributed by atoms with Gasteiger partial charge in [0.05, 0.1) is 22.7 Å². The van der Waals surface area contributed by atoms with Crippen LogP contribution in [0.25, 0.3) is 10.6 Å². The van der Waals surface area contributed by atoms with Gasteiger partial charge in [0.1, 0.15) is 23.0 Å². The van der Waals surface area contributed by atoms with E-state index in [1.54, 1.807) is 23.7 Å². The summed E-state index contributed by atoms with van der Waals surface area (Å²) in [6.45, 7) is 3.32. The number of thiazole rings is 2. The Morgan fingerprint density at radius 2 is 2.16 bits per heavy atom. The molecule has 8 heteroatoms. The fourth-order valence-corrected chi connectivity index (χ4v) is 5.07. The number of halogens is 1. The Kier molecular flexibility index (Phi) is 4.04. The van der Waals surface area contributed by atoms with E-state index in [1.165, 1.54) is 27.1 Å². The summed E-state index contributed by atoms with van der Waals surface area (Å²) in [4.78, 5) is 27.7. The summed E-state index contributed by atoms with van der Waals surface area (Å²) in [5.41, 5.74) is 1.37. The molecule has 5 nitrogen and oxygen atoms in total. The van der Waals surface area contributed by atoms with Crippen molar-refractivity contribution in [3.05, 3.63) is 39.3 Å². The molecule has 4 rings (SSSR count). The minimum Gasteiger partial charge on any atom is -0.276 e. The van der Waals surface area contributed by atoms with E-state index in [4.69, 9.17) is 4.98 Å². The second kappa shape index (κ2) is 6.10. The van der Waals surface area contributed by atoms with E-state index in [0.717, 1.165) is 39.1 Å². The van der Waals surface area contributed by atoms with Gasteiger partial charge in [-0.15, -0.1) is 22.7 Å². The number of rotatable bonds is 4. The van der Waals surface area contributed by atoms with Crippen LogP contribution < -0.4 is 0 Å². The van der Waals surface area contributed by atoms with Crippen molar-refractivity contribution in [3.8, 4) is 10.6 Å². The van der Waals surface area contributed by atoms with Gasteiger partial charge in [-0.3, -0.25) is 13.8 Å². The summed E-state index contributed by atoms with van der Waals surface area (Å²) in [5, 5.41) is 1.62. The topological polar surface area (TPSA) is 60.7 Å². The van der Waals surface area contributed by atoms with Crippen molar-refractivity contribution >= 4 is 28.6 Å². The smallest absolute Gasteiger partial charge is 0.238 e. The molecule has 0 unspecified atom stereocenters. The number of fused-ring (bicyclic) bond motifs is 3. The van der Waals surface area contributed by atoms with Crippen LogP contribution in [0.15, 0.2) is 18.7 Å². The Bertz CT molecular complexity index is 927. The third-order valence-corrected chi connectivity index (χ3v) is 6.84. The van der Waals surface area contributed by atoms with Crippen molar-refractivity contribution in [1.82, 2.24) is 19.5 Å². The maximum absolute atomic E-state index is 13.3. The van der Waals surface area contributed by atoms with Gasteiger partial charge in [0.15, 0.2) is 0 Å². The van der Waals surface area contributed by atoms with Crippen LogP contribution in [0, 0.1) is 0 Å². The first-order chi connectivity index (χ1) is 12.0. The SMILES string of the molecule is CC(C)(CF)c1nc2c(s1)CCc1nc(CC(=O)n3ccnc3)sc1-2. The van der Waals surface area contributed by atoms with Gasteiger partial charge in [-0.25, -0.2) is 15.0 Å². The second-order valence-electron chi connectivity index (χ2n) is 6.73. The average molecular weight is 376 g/mol. The van der Waals surface area contributed by atoms with Crippen molar-refractivity contribution in [2.75, 3.05) is 6.67 Å². The monoisotopic (exact) mass is 376 g/mol. The zero-order chi connectivity index (χ0) is 17.6. The molecular weight excluding hydrogens is 359 g/mol. The third kappa shape index (κ3) is 2.93. The predicted octanol–water partition coefficient (Wildman–Crippen LogP) is 3.69. The maximum Gasteiger partial charge on any atom is 0.238 e. The molecule has 130 valence electrons. The van der Waals surface area contributed by atoms with Gasteiger partial charge < -0.3 is 0 Å². The molecule has 0 atom stereocenters. The average Bonchev–Trinajstić information content (AvgIpc) is 3.31. The first-order valence-corrected chi connectivity index (χ1v) is 9.67. The van der Waals surface area contributed by atoms with E-state index < -0.39 is 12.1 Å². The summed E-state index contributed by atoms with van der Waals surface area (Å²) >= 11 is 3.12. The number of alkyl halides is 1. The van der Waals surface area contributed by atoms with Crippen molar-refractivity contribution < 1.29 is 9.18 Å². The lowest BCUT2D eigenvalue weighted by Gasteiger charge is -2.16. The van der Waals surface area contributed by atoms with Gasteiger partial charge in [0, 0.05) is 22.7 Å². The lowest BCUT2D eigenvalue weighted by atomic mass is 9.97. The summed E-state index contributed by atoms with van der Waals surface area (Å²) in [7, 11) is 0. The fraction of sp³-hybridized carbons (Fsp3) is 0.412. The van der Waals surface area contributed by atoms with Crippen molar-refractivity contribution in [2.24, 2.45) is 0 Å². The van der Waals surface area contributed by atoms with Gasteiger partial charge in [-0.05, 0) is 12.8 Å². The number of imidazole rings is 1. The van der Waals surface area contributed by atoms with Crippen LogP contribution in [0.5, 0.6) is 0 Å². The summed E-state index contributed by atoms with van der Waals surface area (Å²) < 4.78 is 14.8. The molecule has 3 aromatic rings. The molecule has 3 heterocycles. The molecule has 0 radical (unpaired) electrons. The van der Waals surface area contributed by atoms with Gasteiger partial charge in [-0.1, -0.05) is 13.8 Å². The minimum absolute atomic E-state index is 0.0543. The summed E-state index contributed by atoms with van der Waals surface area (Å²) in [6.07, 6.45) is 6.69. The van der Waals surface area contributed by atoms with E-state index in [2.05, 4.69) is 9.97 Å². The van der Waals surface area contributed by atoms with E-state index in [9.17, 15) is 9.18 Å². The number of carbonyl (C=O) groups excluding carboxylic acids is 1. The van der Waals surface area contributed by atoms with Gasteiger partial charge in [-0.2, -0.15) is 0 Å². The quantitative estimate of drug-likeness (QED) is 0.697. The van der Waals surface area contributed by atoms with E-state index in [-0.39, 0.29) is 12.3 Å². The molecule has 0 aliphatic heterocycles. The molecule has 3 aromatic heterocycles. The predicted molar refractivity (Wildman–Crippen MR) is 96.2 cm³/mol. The largest absolute Gasteiger partial charge is 0.276 e. The Morgan fingerprint density at radius 1 is 1.32 bits per heavy atom. The molecule has 25 heavy (non-hydrogen) atoms. The number of carbonyl (C=O) groups is 1. The van der Waals surface area contributed by atoms with Crippen molar-refractivity contribution in [1.29, 1.82) is 0 Å². The zero-order valence-electron chi connectivity index (χ0n) is 14.0. The molecule has 0 N–H and O–H groups in total. The second-order valence-corrected chi connectivity index (χ2v) is 8.90. The zero-order valence-corrected chi connectivity index (χ0v) is 15.6. The highest BCUT2D eigenvalue weighted by atomic mass is 32.1. The molecule has 0 saturated heterocycles. The van der Waals surface area contributed by atoms with Crippen LogP contribution in [-0.2, 0) is 24.7 Å². The van der Waals surface area contributed by atoms with Crippen molar-refractivity contribution in [2.45, 2.75) is 38.5 Å². The van der Waals surface area contributed by atoms with Gasteiger partial charge >= 0.3 is 0 Å². The lowest BCUT2D eigenvalue weighted by molar-refractivity contribution is 0.0914. The normalized spacial score (nSPS) is 13.6. The molecule has 0 saturated carbocycles. The number of hydrogen-bond donors (Lipinski definition) is 0. The Balaban J connectivity index is 1.65. The highest BCUT2D eigenvalue weighted by molar-refractivity contribution is 7.16. The fourth-order valence-electron chi connectivity index (χ4n) is 2.74. The first kappa shape index (κ1) is 16.5. The molecular formula is C17H17FN4OS2. The Hall–Kier alpha value is -1.93. The van der Waals surface area contributed by atoms with Gasteiger partial charge in [0.2, 0.25) is 5.91 Å². The van der Waals surface area contributed by atoms with Crippen LogP contribution in [0.1, 0.15) is 39.2 Å². The van der Waals surface area contributed by atoms with Gasteiger partial charge in [0.25, 0.3) is 0 Å². The maximum atomic E-state index is 13.3. The Labute approximate surface area is 152 Å². The van der Waals surface area contributed by atoms with Crippen LogP contribution in [0.3, 0.4) is 0 Å². The standard InChI is InChI=1S/C17H17FN4OS2/c1-17(2,8-18)16-21-14-11(24-16)4-3-10-15(14)25-12(20-10)7-13(23)22-6-5-19-9-22/h5-6,9H,3-4,7-8H2,1-2H3. The molecule has 0 bridgehead atoms. The number of hydrogen-bond acceptors (Lipinski definition) is 6. The Morgan fingerprint density at radius 3 is 2.88 bits per heavy atom. The van der Waals surface area contributed by atoms with Crippen LogP contribution in [0.2, 0.25) is 0 Å². The van der Waals surface area contributed by atoms with E-state index in [1.807, 2.05) is 13.8 Å². The first-order valence-electron chi connectivity index (χ1n) is 8.04. The summed E-state index contributed by atoms with van der Waals surface area (Å²) in [6, 6.07) is 0. The summed E-state index contributed by atoms with van der Waals surface area (Å²) in [5.74, 6) is -0.0543. The molecule has 0 spiro atoms. The molecule has 1 aliphatic carbocycles. The number of aryl methyl sites for hydroxylation is 2. The minimum atomic E-state index is -0.562. The molecule has 0 amide bonds. The van der Waals surface area contributed by atoms with Crippen LogP contribution in [0.4, 0.5) is 4.39 Å². The van der Waals surface area contributed by atoms with E-state index in [0.29, 0.717) is 0 Å². The third-order valence-electron chi connectivity index (χ3n) is 4.25. The number of nitrogens with zero attached hydrogens (tertiary/aromatic N) is 4. The molecule has 0 aromatic carbocycles. The van der Waals surface area contributed by atoms with Crippen molar-refractivity contribution in [3.63, 3.8) is 0 Å². The highest BCUT2D eigenvalue weighted by Gasteiger charge is 2.31. The lowest BCUT2D eigenvalue weighted by Crippen LogP contribution is -2.19. The highest BCUT2D eigenvalue weighted by Crippen LogP contribution is 2.42. The van der Waals surface area contributed by atoms with Crippen LogP contribution >= 0.6 is 22.7 Å². The van der Waals surface area contributed by atoms with E-state index >= 15 is 0 Å². The molecule has 1 aliphatic rings. The molecule has 0 fully saturated rings.